The molecule has 4 rings (SSSR count). The van der Waals surface area contributed by atoms with E-state index in [2.05, 4.69) is 10.1 Å². The van der Waals surface area contributed by atoms with E-state index in [1.807, 2.05) is 30.3 Å². The number of nitrogens with zero attached hydrogens (tertiary/aromatic N) is 4. The lowest BCUT2D eigenvalue weighted by Crippen LogP contribution is -2.32. The molecule has 31 heavy (non-hydrogen) atoms. The van der Waals surface area contributed by atoms with E-state index in [1.54, 1.807) is 19.2 Å². The molecule has 10 heteroatoms. The third-order valence-corrected chi connectivity index (χ3v) is 6.80. The van der Waals surface area contributed by atoms with E-state index in [4.69, 9.17) is 4.52 Å². The van der Waals surface area contributed by atoms with Crippen molar-refractivity contribution in [2.24, 2.45) is 0 Å². The van der Waals surface area contributed by atoms with Gasteiger partial charge < -0.3 is 9.42 Å². The summed E-state index contributed by atoms with van der Waals surface area (Å²) in [6.07, 6.45) is 0.285. The molecule has 9 nitrogen and oxygen atoms in total. The molecule has 0 spiro atoms. The fourth-order valence-electron chi connectivity index (χ4n) is 3.33. The summed E-state index contributed by atoms with van der Waals surface area (Å²) >= 11 is 0. The number of hydrogen-bond acceptors (Lipinski definition) is 7. The van der Waals surface area contributed by atoms with Gasteiger partial charge in [0.25, 0.3) is 15.9 Å². The molecule has 0 aliphatic carbocycles. The molecule has 0 saturated carbocycles. The number of carbonyl (C=O) groups is 2. The Hall–Kier alpha value is -3.53. The van der Waals surface area contributed by atoms with Crippen molar-refractivity contribution < 1.29 is 22.5 Å². The second kappa shape index (κ2) is 8.31. The van der Waals surface area contributed by atoms with Crippen molar-refractivity contribution in [2.45, 2.75) is 24.3 Å². The topological polar surface area (TPSA) is 114 Å². The van der Waals surface area contributed by atoms with Gasteiger partial charge in [0.2, 0.25) is 17.6 Å². The van der Waals surface area contributed by atoms with Crippen LogP contribution in [-0.4, -0.2) is 53.2 Å². The average molecular weight is 440 g/mol. The molecule has 2 heterocycles. The number of amides is 2. The van der Waals surface area contributed by atoms with Gasteiger partial charge in [-0.3, -0.25) is 9.59 Å². The Labute approximate surface area is 179 Å². The van der Waals surface area contributed by atoms with Crippen LogP contribution in [0.1, 0.15) is 29.1 Å². The molecule has 1 aliphatic rings. The van der Waals surface area contributed by atoms with Crippen LogP contribution in [0.15, 0.2) is 64.0 Å². The highest BCUT2D eigenvalue weighted by Gasteiger charge is 2.40. The van der Waals surface area contributed by atoms with E-state index in [9.17, 15) is 18.0 Å². The molecule has 0 bridgehead atoms. The molecule has 0 radical (unpaired) electrons. The lowest BCUT2D eigenvalue weighted by molar-refractivity contribution is -0.130. The molecule has 3 aromatic rings. The summed E-state index contributed by atoms with van der Waals surface area (Å²) in [6, 6.07) is 15.4. The van der Waals surface area contributed by atoms with Crippen LogP contribution < -0.4 is 0 Å². The fourth-order valence-corrected chi connectivity index (χ4v) is 4.94. The molecule has 0 fully saturated rings. The smallest absolute Gasteiger partial charge is 0.269 e. The molecule has 0 saturated heterocycles. The Kier molecular flexibility index (Phi) is 5.55. The standard InChI is InChI=1S/C21H20N4O5S/c1-24(14-18-22-20(23-30-18)15-8-3-2-4-9-15)19(26)12-7-13-25-21(27)16-10-5-6-11-17(16)31(25,28)29/h2-6,8-11H,7,12-14H2,1H3. The minimum Gasteiger partial charge on any atom is -0.337 e. The van der Waals surface area contributed by atoms with Crippen LogP contribution in [0, 0.1) is 0 Å². The zero-order valence-corrected chi connectivity index (χ0v) is 17.6. The van der Waals surface area contributed by atoms with Crippen LogP contribution in [0.5, 0.6) is 0 Å². The maximum absolute atomic E-state index is 12.5. The number of rotatable bonds is 7. The largest absolute Gasteiger partial charge is 0.337 e. The van der Waals surface area contributed by atoms with Crippen molar-refractivity contribution in [3.05, 3.63) is 66.1 Å². The van der Waals surface area contributed by atoms with E-state index in [0.29, 0.717) is 11.7 Å². The summed E-state index contributed by atoms with van der Waals surface area (Å²) in [5, 5.41) is 3.92. The monoisotopic (exact) mass is 440 g/mol. The molecule has 2 aromatic carbocycles. The van der Waals surface area contributed by atoms with E-state index in [0.717, 1.165) is 9.87 Å². The summed E-state index contributed by atoms with van der Waals surface area (Å²) in [5.41, 5.74) is 0.973. The van der Waals surface area contributed by atoms with Crippen LogP contribution in [-0.2, 0) is 21.4 Å². The van der Waals surface area contributed by atoms with Gasteiger partial charge >= 0.3 is 0 Å². The van der Waals surface area contributed by atoms with E-state index >= 15 is 0 Å². The first-order chi connectivity index (χ1) is 14.9. The molecule has 1 aromatic heterocycles. The predicted octanol–water partition coefficient (Wildman–Crippen LogP) is 2.32. The number of benzene rings is 2. The number of hydrogen-bond donors (Lipinski definition) is 0. The second-order valence-electron chi connectivity index (χ2n) is 7.11. The molecule has 0 atom stereocenters. The van der Waals surface area contributed by atoms with Gasteiger partial charge in [-0.25, -0.2) is 12.7 Å². The lowest BCUT2D eigenvalue weighted by Gasteiger charge is -2.17. The Morgan fingerprint density at radius 3 is 2.55 bits per heavy atom. The highest BCUT2D eigenvalue weighted by Crippen LogP contribution is 2.30. The second-order valence-corrected chi connectivity index (χ2v) is 8.94. The number of aromatic nitrogens is 2. The summed E-state index contributed by atoms with van der Waals surface area (Å²) in [4.78, 5) is 30.6. The Morgan fingerprint density at radius 2 is 1.81 bits per heavy atom. The maximum Gasteiger partial charge on any atom is 0.269 e. The summed E-state index contributed by atoms with van der Waals surface area (Å²) in [7, 11) is -2.26. The first-order valence-electron chi connectivity index (χ1n) is 9.66. The lowest BCUT2D eigenvalue weighted by atomic mass is 10.2. The molecular formula is C21H20N4O5S. The average Bonchev–Trinajstić information content (AvgIpc) is 3.31. The zero-order chi connectivity index (χ0) is 22.0. The van der Waals surface area contributed by atoms with E-state index < -0.39 is 15.9 Å². The summed E-state index contributed by atoms with van der Waals surface area (Å²) in [6.45, 7) is 0.0686. The molecule has 0 unspecified atom stereocenters. The first kappa shape index (κ1) is 20.7. The van der Waals surface area contributed by atoms with Crippen LogP contribution in [0.2, 0.25) is 0 Å². The number of sulfonamides is 1. The van der Waals surface area contributed by atoms with E-state index in [-0.39, 0.29) is 42.3 Å². The van der Waals surface area contributed by atoms with Gasteiger partial charge in [0.15, 0.2) is 0 Å². The quantitative estimate of drug-likeness (QED) is 0.554. The Bertz CT molecular complexity index is 1220. The Balaban J connectivity index is 1.32. The van der Waals surface area contributed by atoms with Crippen LogP contribution in [0.25, 0.3) is 11.4 Å². The number of carbonyl (C=O) groups excluding carboxylic acids is 2. The van der Waals surface area contributed by atoms with Crippen molar-refractivity contribution in [2.75, 3.05) is 13.6 Å². The van der Waals surface area contributed by atoms with Gasteiger partial charge in [0, 0.05) is 25.6 Å². The number of fused-ring (bicyclic) bond motifs is 1. The highest BCUT2D eigenvalue weighted by molar-refractivity contribution is 7.90. The SMILES string of the molecule is CN(Cc1nc(-c2ccccc2)no1)C(=O)CCCN1C(=O)c2ccccc2S1(=O)=O. The normalized spacial score (nSPS) is 14.5. The third-order valence-electron chi connectivity index (χ3n) is 4.96. The van der Waals surface area contributed by atoms with Gasteiger partial charge in [-0.15, -0.1) is 0 Å². The molecule has 160 valence electrons. The van der Waals surface area contributed by atoms with Crippen LogP contribution in [0.3, 0.4) is 0 Å². The van der Waals surface area contributed by atoms with Gasteiger partial charge in [0.1, 0.15) is 4.90 Å². The highest BCUT2D eigenvalue weighted by atomic mass is 32.2. The van der Waals surface area contributed by atoms with Crippen molar-refractivity contribution in [1.29, 1.82) is 0 Å². The zero-order valence-electron chi connectivity index (χ0n) is 16.8. The van der Waals surface area contributed by atoms with Gasteiger partial charge in [-0.1, -0.05) is 47.6 Å². The minimum atomic E-state index is -3.86. The van der Waals surface area contributed by atoms with Gasteiger partial charge in [-0.2, -0.15) is 4.98 Å². The predicted molar refractivity (Wildman–Crippen MR) is 110 cm³/mol. The third kappa shape index (κ3) is 4.06. The van der Waals surface area contributed by atoms with Gasteiger partial charge in [-0.05, 0) is 18.6 Å². The van der Waals surface area contributed by atoms with Crippen LogP contribution in [0.4, 0.5) is 0 Å². The molecule has 2 amide bonds. The summed E-state index contributed by atoms with van der Waals surface area (Å²) < 4.78 is 31.1. The van der Waals surface area contributed by atoms with Gasteiger partial charge in [0.05, 0.1) is 12.1 Å². The molecule has 1 aliphatic heterocycles. The maximum atomic E-state index is 12.5. The molecular weight excluding hydrogens is 420 g/mol. The van der Waals surface area contributed by atoms with Crippen molar-refractivity contribution >= 4 is 21.8 Å². The van der Waals surface area contributed by atoms with Crippen molar-refractivity contribution in [1.82, 2.24) is 19.3 Å². The van der Waals surface area contributed by atoms with Crippen molar-refractivity contribution in [3.63, 3.8) is 0 Å². The minimum absolute atomic E-state index is 0.00839. The van der Waals surface area contributed by atoms with E-state index in [1.165, 1.54) is 17.0 Å². The first-order valence-corrected chi connectivity index (χ1v) is 11.1. The molecule has 0 N–H and O–H groups in total. The fraction of sp³-hybridized carbons (Fsp3) is 0.238. The Morgan fingerprint density at radius 1 is 1.10 bits per heavy atom. The van der Waals surface area contributed by atoms with Crippen molar-refractivity contribution in [3.8, 4) is 11.4 Å². The summed E-state index contributed by atoms with van der Waals surface area (Å²) in [5.74, 6) is -0.0482. The van der Waals surface area contributed by atoms with Crippen LogP contribution >= 0.6 is 0 Å².